The van der Waals surface area contributed by atoms with Crippen molar-refractivity contribution in [3.05, 3.63) is 0 Å². The van der Waals surface area contributed by atoms with Gasteiger partial charge in [0.2, 0.25) is 0 Å². The average molecular weight is 1770 g/mol. The van der Waals surface area contributed by atoms with E-state index >= 15 is 0 Å². The lowest BCUT2D eigenvalue weighted by Gasteiger charge is -2.51. The largest absolute Gasteiger partial charge is 0.394 e. The summed E-state index contributed by atoms with van der Waals surface area (Å²) in [5.74, 6) is 0. The van der Waals surface area contributed by atoms with Gasteiger partial charge in [-0.25, -0.2) is 0 Å². The van der Waals surface area contributed by atoms with E-state index in [2.05, 4.69) is 0 Å². The minimum absolute atomic E-state index is 0.749. The molecule has 0 radical (unpaired) electrons. The van der Waals surface area contributed by atoms with E-state index in [9.17, 15) is 117 Å². The fourth-order valence-corrected chi connectivity index (χ4v) is 16.8. The SMILES string of the molecule is CO[C@@H]1[C@H](O)[C@@H](O[C@H]2[C@H](OC)[C@H](O)[C@@H](O[C@H]3[C@H](OC)[C@@H](O)[C@@H](O[C@H]4[C@H](OC)[C@H](O)[C@@H](O[C@H]5[C@H](OC)[C@H](O)[C@@H](O[C@H]6[C@H](OC)[C@H](O)[C@@H](O[C@H]7[C@H](OC)[C@H](O)[C@@H](O[C@H]8[C@H](OC)[C@H](O)[C@@H](O[C@H]9[C@H](OC)[C@H](O)C(O)O[C@@H]9CO)O[C@@H]8CO)O[C@@H]7CO)O[C@@H]6CO)O[C@@H]5CO)O[C@@H]4CO)O[C@@H]3CO)O[C@@H]2CO)O[C@H](CO)[C@H]1O[C@H]1O[C@H](CO)[C@@H](O)[C@H](O)[C@@H]1O. The van der Waals surface area contributed by atoms with Crippen molar-refractivity contribution in [1.82, 2.24) is 0 Å². The zero-order valence-electron chi connectivity index (χ0n) is 66.7. The van der Waals surface area contributed by atoms with E-state index in [1.807, 2.05) is 0 Å². The van der Waals surface area contributed by atoms with Crippen LogP contribution in [0.2, 0.25) is 0 Å². The molecule has 10 heterocycles. The molecule has 0 saturated carbocycles. The highest BCUT2D eigenvalue weighted by atomic mass is 16.8. The lowest BCUT2D eigenvalue weighted by molar-refractivity contribution is -0.403. The molecule has 120 heavy (non-hydrogen) atoms. The summed E-state index contributed by atoms with van der Waals surface area (Å²) >= 11 is 0. The van der Waals surface area contributed by atoms with Gasteiger partial charge in [-0.2, -0.15) is 0 Å². The summed E-state index contributed by atoms with van der Waals surface area (Å²) in [6.45, 7) is -8.85. The molecule has 1 unspecified atom stereocenters. The summed E-state index contributed by atoms with van der Waals surface area (Å²) in [6.07, 6.45) is -83.5. The lowest BCUT2D eigenvalue weighted by Crippen LogP contribution is -2.69. The highest BCUT2D eigenvalue weighted by Gasteiger charge is 2.63. The molecule has 10 rings (SSSR count). The van der Waals surface area contributed by atoms with Gasteiger partial charge in [-0.3, -0.25) is 0 Å². The van der Waals surface area contributed by atoms with Crippen LogP contribution >= 0.6 is 0 Å². The topological polar surface area (TPSA) is 724 Å². The normalized spacial score (nSPS) is 50.6. The number of ether oxygens (including phenoxy) is 28. The van der Waals surface area contributed by atoms with E-state index in [0.29, 0.717) is 0 Å². The Kier molecular flexibility index (Phi) is 37.9. The van der Waals surface area contributed by atoms with Gasteiger partial charge in [0, 0.05) is 64.0 Å². The number of aliphatic hydroxyl groups is 23. The number of rotatable bonds is 37. The van der Waals surface area contributed by atoms with E-state index in [4.69, 9.17) is 133 Å². The summed E-state index contributed by atoms with van der Waals surface area (Å²) in [7, 11) is 10.3. The fourth-order valence-electron chi connectivity index (χ4n) is 16.8. The van der Waals surface area contributed by atoms with Gasteiger partial charge in [-0.05, 0) is 0 Å². The maximum atomic E-state index is 12.0. The van der Waals surface area contributed by atoms with Crippen LogP contribution < -0.4 is 0 Å². The molecule has 0 spiro atoms. The van der Waals surface area contributed by atoms with E-state index in [1.165, 1.54) is 7.11 Å². The van der Waals surface area contributed by atoms with Crippen LogP contribution in [0.3, 0.4) is 0 Å². The number of aliphatic hydroxyl groups excluding tert-OH is 23. The third-order valence-corrected chi connectivity index (χ3v) is 23.1. The Balaban J connectivity index is 0.750. The average Bonchev–Trinajstić information content (AvgIpc) is 0.766. The molecular weight excluding hydrogens is 1640 g/mol. The van der Waals surface area contributed by atoms with Gasteiger partial charge in [0.25, 0.3) is 0 Å². The molecule has 10 aliphatic rings. The van der Waals surface area contributed by atoms with Crippen molar-refractivity contribution in [2.75, 3.05) is 130 Å². The van der Waals surface area contributed by atoms with Crippen molar-refractivity contribution in [3.8, 4) is 0 Å². The maximum Gasteiger partial charge on any atom is 0.187 e. The van der Waals surface area contributed by atoms with Crippen LogP contribution in [-0.2, 0) is 133 Å². The molecule has 0 bridgehead atoms. The third kappa shape index (κ3) is 20.7. The van der Waals surface area contributed by atoms with Crippen molar-refractivity contribution >= 4 is 0 Å². The van der Waals surface area contributed by atoms with Gasteiger partial charge < -0.3 is 250 Å². The van der Waals surface area contributed by atoms with E-state index in [1.54, 1.807) is 0 Å². The number of hydrogen-bond donors (Lipinski definition) is 23. The molecule has 702 valence electrons. The van der Waals surface area contributed by atoms with Gasteiger partial charge in [0.15, 0.2) is 62.9 Å². The molecule has 0 aromatic heterocycles. The first-order chi connectivity index (χ1) is 57.5. The molecular formula is C69H120O51. The van der Waals surface area contributed by atoms with Gasteiger partial charge >= 0.3 is 0 Å². The van der Waals surface area contributed by atoms with Crippen LogP contribution in [0.5, 0.6) is 0 Å². The maximum absolute atomic E-state index is 12.0. The van der Waals surface area contributed by atoms with Crippen LogP contribution in [0.25, 0.3) is 0 Å². The molecule has 10 aliphatic heterocycles. The summed E-state index contributed by atoms with van der Waals surface area (Å²) in [6, 6.07) is 0. The van der Waals surface area contributed by atoms with Crippen molar-refractivity contribution in [1.29, 1.82) is 0 Å². The first-order valence-corrected chi connectivity index (χ1v) is 38.7. The van der Waals surface area contributed by atoms with Crippen LogP contribution in [0.4, 0.5) is 0 Å². The van der Waals surface area contributed by atoms with E-state index in [0.717, 1.165) is 56.9 Å². The van der Waals surface area contributed by atoms with Crippen molar-refractivity contribution < 1.29 is 250 Å². The summed E-state index contributed by atoms with van der Waals surface area (Å²) in [5.41, 5.74) is 0. The Labute approximate surface area is 685 Å². The number of methoxy groups -OCH3 is 9. The van der Waals surface area contributed by atoms with Crippen molar-refractivity contribution in [2.24, 2.45) is 0 Å². The molecule has 51 nitrogen and oxygen atoms in total. The Morgan fingerprint density at radius 2 is 0.283 bits per heavy atom. The van der Waals surface area contributed by atoms with Gasteiger partial charge in [0.05, 0.1) is 66.1 Å². The Bertz CT molecular complexity index is 2940. The Morgan fingerprint density at radius 1 is 0.150 bits per heavy atom. The molecule has 10 fully saturated rings. The molecule has 50 atom stereocenters. The first-order valence-electron chi connectivity index (χ1n) is 38.7. The fraction of sp³-hybridized carbons (Fsp3) is 1.00. The molecule has 51 heteroatoms. The highest BCUT2D eigenvalue weighted by molar-refractivity contribution is 5.05. The van der Waals surface area contributed by atoms with Crippen LogP contribution in [0.15, 0.2) is 0 Å². The van der Waals surface area contributed by atoms with E-state index < -0.39 is 373 Å². The predicted molar refractivity (Wildman–Crippen MR) is 373 cm³/mol. The summed E-state index contributed by atoms with van der Waals surface area (Å²) in [5, 5.41) is 253. The minimum Gasteiger partial charge on any atom is -0.394 e. The predicted octanol–water partition coefficient (Wildman–Crippen LogP) is -16.9. The third-order valence-electron chi connectivity index (χ3n) is 23.1. The second kappa shape index (κ2) is 45.5. The summed E-state index contributed by atoms with van der Waals surface area (Å²) in [4.78, 5) is 0. The van der Waals surface area contributed by atoms with Gasteiger partial charge in [-0.1, -0.05) is 0 Å². The van der Waals surface area contributed by atoms with Crippen LogP contribution in [0, 0.1) is 0 Å². The van der Waals surface area contributed by atoms with Crippen molar-refractivity contribution in [2.45, 2.75) is 307 Å². The second-order valence-corrected chi connectivity index (χ2v) is 29.9. The van der Waals surface area contributed by atoms with Gasteiger partial charge in [0.1, 0.15) is 244 Å². The second-order valence-electron chi connectivity index (χ2n) is 29.9. The molecule has 10 saturated heterocycles. The lowest BCUT2D eigenvalue weighted by atomic mass is 9.94. The molecule has 23 N–H and O–H groups in total. The molecule has 0 aromatic carbocycles. The highest BCUT2D eigenvalue weighted by Crippen LogP contribution is 2.43. The number of hydrogen-bond acceptors (Lipinski definition) is 51. The van der Waals surface area contributed by atoms with Crippen LogP contribution in [0.1, 0.15) is 0 Å². The minimum atomic E-state index is -1.95. The first kappa shape index (κ1) is 100. The zero-order valence-corrected chi connectivity index (χ0v) is 66.7. The van der Waals surface area contributed by atoms with Crippen molar-refractivity contribution in [3.63, 3.8) is 0 Å². The standard InChI is InChI=1S/C69H120O51/c1-93-51-33(83)60(92)102-21(11-71)42(51)113-62-35(85)53(95-3)44(23(13-73)105-62)115-64-37(87)55(97-5)46(25(15-75)107-64)117-66-39(89)57(99-7)48(27(17-77)109-66)119-68-41(91)59(101-9)50(29(19-79)111-68)120-69-40(90)58(100-8)49(28(18-78)110-69)118-67-38(88)56(98-6)47(26(16-76)108-67)116-65-36(86)54(96-4)45(24(14-74)106-65)114-63-34(84)52(94-2)43(22(12-72)104-63)112-61-32(82)31(81)30(80)20(10-70)103-61/h20-92H,10-19H2,1-9H3/t20-,21-,22-,23-,24-,25-,26-,27-,28-,29-,30-,31+,32+,33+,34+,35+,36+,37+,38-,39+,40+,41+,42-,43-,44-,45-,46-,47-,48-,49-,50-,51-,52-,53-,54-,55-,56-,57-,58-,59-,60?,61-,62-,63-,64-,65-,66-,67-,68-,69-/m1/s1. The van der Waals surface area contributed by atoms with Gasteiger partial charge in [-0.15, -0.1) is 0 Å². The monoisotopic (exact) mass is 1760 g/mol. The quantitative estimate of drug-likeness (QED) is 0.0275. The van der Waals surface area contributed by atoms with E-state index in [-0.39, 0.29) is 0 Å². The molecule has 0 aromatic rings. The molecule has 0 aliphatic carbocycles. The molecule has 0 amide bonds. The zero-order chi connectivity index (χ0) is 87.7. The smallest absolute Gasteiger partial charge is 0.187 e. The Morgan fingerprint density at radius 3 is 0.433 bits per heavy atom. The summed E-state index contributed by atoms with van der Waals surface area (Å²) < 4.78 is 165. The Hall–Kier alpha value is -2.04. The van der Waals surface area contributed by atoms with Crippen LogP contribution in [-0.4, -0.2) is 555 Å².